The van der Waals surface area contributed by atoms with Crippen molar-refractivity contribution < 1.29 is 14.4 Å². The number of amides is 3. The summed E-state index contributed by atoms with van der Waals surface area (Å²) in [6.45, 7) is 4.31. The third-order valence-corrected chi connectivity index (χ3v) is 7.08. The largest absolute Gasteiger partial charge is 0.344 e. The van der Waals surface area contributed by atoms with E-state index in [0.29, 0.717) is 32.2 Å². The van der Waals surface area contributed by atoms with Crippen LogP contribution in [0, 0.1) is 13.8 Å². The SMILES string of the molecule is Cc1cccc(C)c1NC(=O)C1(N(Cc2ccccc2)C(=O)[C@@H]2CCC(=O)N2)CCCCC1. The average molecular weight is 448 g/mol. The van der Waals surface area contributed by atoms with E-state index in [1.54, 1.807) is 4.90 Å². The molecule has 6 heteroatoms. The van der Waals surface area contributed by atoms with Gasteiger partial charge in [0.1, 0.15) is 11.6 Å². The summed E-state index contributed by atoms with van der Waals surface area (Å²) < 4.78 is 0. The van der Waals surface area contributed by atoms with Gasteiger partial charge in [-0.25, -0.2) is 0 Å². The highest BCUT2D eigenvalue weighted by molar-refractivity contribution is 6.02. The summed E-state index contributed by atoms with van der Waals surface area (Å²) in [5.41, 5.74) is 2.83. The molecule has 6 nitrogen and oxygen atoms in total. The zero-order chi connectivity index (χ0) is 23.4. The normalized spacial score (nSPS) is 19.6. The van der Waals surface area contributed by atoms with Crippen LogP contribution >= 0.6 is 0 Å². The second-order valence-electron chi connectivity index (χ2n) is 9.38. The van der Waals surface area contributed by atoms with Crippen LogP contribution < -0.4 is 10.6 Å². The summed E-state index contributed by atoms with van der Waals surface area (Å²) in [5.74, 6) is -0.401. The Morgan fingerprint density at radius 2 is 1.67 bits per heavy atom. The number of benzene rings is 2. The van der Waals surface area contributed by atoms with E-state index in [-0.39, 0.29) is 17.7 Å². The molecule has 0 bridgehead atoms. The van der Waals surface area contributed by atoms with Crippen molar-refractivity contribution in [1.29, 1.82) is 0 Å². The summed E-state index contributed by atoms with van der Waals surface area (Å²) in [4.78, 5) is 41.5. The van der Waals surface area contributed by atoms with Gasteiger partial charge in [-0.15, -0.1) is 0 Å². The lowest BCUT2D eigenvalue weighted by molar-refractivity contribution is -0.150. The van der Waals surface area contributed by atoms with Crippen LogP contribution in [0.5, 0.6) is 0 Å². The van der Waals surface area contributed by atoms with Crippen LogP contribution in [0.2, 0.25) is 0 Å². The van der Waals surface area contributed by atoms with Crippen molar-refractivity contribution in [3.05, 3.63) is 65.2 Å². The van der Waals surface area contributed by atoms with Crippen LogP contribution in [0.3, 0.4) is 0 Å². The van der Waals surface area contributed by atoms with E-state index in [1.165, 1.54) is 0 Å². The Labute approximate surface area is 195 Å². The number of rotatable bonds is 6. The van der Waals surface area contributed by atoms with E-state index < -0.39 is 11.6 Å². The number of nitrogens with one attached hydrogen (secondary N) is 2. The Bertz CT molecular complexity index is 1010. The molecular weight excluding hydrogens is 414 g/mol. The van der Waals surface area contributed by atoms with Crippen LogP contribution in [-0.2, 0) is 20.9 Å². The van der Waals surface area contributed by atoms with Gasteiger partial charge >= 0.3 is 0 Å². The van der Waals surface area contributed by atoms with Crippen LogP contribution in [0.1, 0.15) is 61.6 Å². The lowest BCUT2D eigenvalue weighted by atomic mass is 9.78. The van der Waals surface area contributed by atoms with Crippen LogP contribution in [0.15, 0.2) is 48.5 Å². The summed E-state index contributed by atoms with van der Waals surface area (Å²) in [5, 5.41) is 6.01. The van der Waals surface area contributed by atoms with Gasteiger partial charge in [-0.05, 0) is 49.8 Å². The van der Waals surface area contributed by atoms with Crippen molar-refractivity contribution in [2.24, 2.45) is 0 Å². The molecule has 2 aromatic carbocycles. The van der Waals surface area contributed by atoms with Crippen molar-refractivity contribution in [2.45, 2.75) is 76.9 Å². The van der Waals surface area contributed by atoms with Crippen molar-refractivity contribution in [3.8, 4) is 0 Å². The van der Waals surface area contributed by atoms with Crippen LogP contribution in [-0.4, -0.2) is 34.2 Å². The number of para-hydroxylation sites is 1. The highest BCUT2D eigenvalue weighted by Crippen LogP contribution is 2.37. The van der Waals surface area contributed by atoms with E-state index in [0.717, 1.165) is 41.6 Å². The van der Waals surface area contributed by atoms with Gasteiger partial charge in [0.05, 0.1) is 0 Å². The molecule has 0 spiro atoms. The van der Waals surface area contributed by atoms with E-state index in [1.807, 2.05) is 62.4 Å². The van der Waals surface area contributed by atoms with Gasteiger partial charge in [-0.3, -0.25) is 14.4 Å². The van der Waals surface area contributed by atoms with Gasteiger partial charge in [-0.2, -0.15) is 0 Å². The van der Waals surface area contributed by atoms with E-state index in [9.17, 15) is 14.4 Å². The number of anilines is 1. The highest BCUT2D eigenvalue weighted by Gasteiger charge is 2.49. The maximum Gasteiger partial charge on any atom is 0.250 e. The molecule has 2 aliphatic rings. The fraction of sp³-hybridized carbons (Fsp3) is 0.444. The molecule has 3 amide bonds. The minimum Gasteiger partial charge on any atom is -0.344 e. The van der Waals surface area contributed by atoms with Gasteiger partial charge in [0.25, 0.3) is 0 Å². The minimum atomic E-state index is -0.951. The summed E-state index contributed by atoms with van der Waals surface area (Å²) in [6, 6.07) is 15.2. The first-order valence-electron chi connectivity index (χ1n) is 11.9. The Kier molecular flexibility index (Phi) is 6.82. The van der Waals surface area contributed by atoms with E-state index in [4.69, 9.17) is 0 Å². The highest BCUT2D eigenvalue weighted by atomic mass is 16.2. The molecule has 0 aromatic heterocycles. The molecule has 174 valence electrons. The third kappa shape index (κ3) is 4.80. The molecule has 1 aliphatic carbocycles. The molecule has 2 aromatic rings. The molecule has 4 rings (SSSR count). The monoisotopic (exact) mass is 447 g/mol. The molecule has 1 heterocycles. The topological polar surface area (TPSA) is 78.5 Å². The third-order valence-electron chi connectivity index (χ3n) is 7.08. The molecule has 1 atom stereocenters. The molecule has 1 aliphatic heterocycles. The first-order valence-corrected chi connectivity index (χ1v) is 11.9. The van der Waals surface area contributed by atoms with Crippen molar-refractivity contribution in [3.63, 3.8) is 0 Å². The van der Waals surface area contributed by atoms with Gasteiger partial charge in [-0.1, -0.05) is 67.8 Å². The van der Waals surface area contributed by atoms with E-state index in [2.05, 4.69) is 10.6 Å². The molecule has 0 unspecified atom stereocenters. The predicted molar refractivity (Wildman–Crippen MR) is 129 cm³/mol. The Morgan fingerprint density at radius 1 is 1.00 bits per heavy atom. The molecule has 2 N–H and O–H groups in total. The smallest absolute Gasteiger partial charge is 0.250 e. The van der Waals surface area contributed by atoms with Gasteiger partial charge in [0, 0.05) is 18.7 Å². The molecular formula is C27H33N3O3. The molecule has 0 radical (unpaired) electrons. The van der Waals surface area contributed by atoms with E-state index >= 15 is 0 Å². The Balaban J connectivity index is 1.72. The molecule has 33 heavy (non-hydrogen) atoms. The van der Waals surface area contributed by atoms with Crippen molar-refractivity contribution >= 4 is 23.4 Å². The first-order chi connectivity index (χ1) is 15.9. The predicted octanol–water partition coefficient (Wildman–Crippen LogP) is 4.25. The molecule has 2 fully saturated rings. The lowest BCUT2D eigenvalue weighted by Gasteiger charge is -2.46. The number of carbonyl (C=O) groups excluding carboxylic acids is 3. The van der Waals surface area contributed by atoms with Gasteiger partial charge in [0.2, 0.25) is 17.7 Å². The number of hydrogen-bond acceptors (Lipinski definition) is 3. The van der Waals surface area contributed by atoms with Crippen LogP contribution in [0.4, 0.5) is 5.69 Å². The van der Waals surface area contributed by atoms with Crippen molar-refractivity contribution in [1.82, 2.24) is 10.2 Å². The molecule has 1 saturated carbocycles. The standard InChI is InChI=1S/C27H33N3O3/c1-19-10-9-11-20(2)24(19)29-26(33)27(16-7-4-8-17-27)30(18-21-12-5-3-6-13-21)25(32)22-14-15-23(31)28-22/h3,5-6,9-13,22H,4,7-8,14-18H2,1-2H3,(H,28,31)(H,29,33)/t22-/m0/s1. The molecule has 1 saturated heterocycles. The average Bonchev–Trinajstić information content (AvgIpc) is 3.27. The minimum absolute atomic E-state index is 0.106. The Morgan fingerprint density at radius 3 is 2.27 bits per heavy atom. The van der Waals surface area contributed by atoms with Crippen LogP contribution in [0.25, 0.3) is 0 Å². The summed E-state index contributed by atoms with van der Waals surface area (Å²) in [6.07, 6.45) is 4.86. The van der Waals surface area contributed by atoms with Gasteiger partial charge < -0.3 is 15.5 Å². The summed E-state index contributed by atoms with van der Waals surface area (Å²) >= 11 is 0. The number of nitrogens with zero attached hydrogens (tertiary/aromatic N) is 1. The quantitative estimate of drug-likeness (QED) is 0.695. The van der Waals surface area contributed by atoms with Gasteiger partial charge in [0.15, 0.2) is 0 Å². The van der Waals surface area contributed by atoms with Crippen molar-refractivity contribution in [2.75, 3.05) is 5.32 Å². The zero-order valence-corrected chi connectivity index (χ0v) is 19.5. The lowest BCUT2D eigenvalue weighted by Crippen LogP contribution is -2.62. The Hall–Kier alpha value is -3.15. The second-order valence-corrected chi connectivity index (χ2v) is 9.38. The summed E-state index contributed by atoms with van der Waals surface area (Å²) in [7, 11) is 0. The maximum absolute atomic E-state index is 14.0. The number of carbonyl (C=O) groups is 3. The number of aryl methyl sites for hydroxylation is 2. The fourth-order valence-electron chi connectivity index (χ4n) is 5.19. The fourth-order valence-corrected chi connectivity index (χ4v) is 5.19. The zero-order valence-electron chi connectivity index (χ0n) is 19.5. The maximum atomic E-state index is 14.0. The second kappa shape index (κ2) is 9.77. The first kappa shape index (κ1) is 23.0. The number of hydrogen-bond donors (Lipinski definition) is 2.